The van der Waals surface area contributed by atoms with Gasteiger partial charge in [0.25, 0.3) is 0 Å². The highest BCUT2D eigenvalue weighted by Gasteiger charge is 2.21. The van der Waals surface area contributed by atoms with Crippen LogP contribution in [0.15, 0.2) is 60.7 Å². The predicted octanol–water partition coefficient (Wildman–Crippen LogP) is 2.42. The summed E-state index contributed by atoms with van der Waals surface area (Å²) in [6, 6.07) is 19.8. The molecule has 0 radical (unpaired) electrons. The Morgan fingerprint density at radius 3 is 1.76 bits per heavy atom. The molecule has 0 amide bonds. The van der Waals surface area contributed by atoms with Gasteiger partial charge in [0.05, 0.1) is 5.66 Å². The van der Waals surface area contributed by atoms with Crippen molar-refractivity contribution in [2.24, 2.45) is 11.5 Å². The SMILES string of the molecule is Cl.NC(N)(Cc1ccccc1)c1ccccc1. The van der Waals surface area contributed by atoms with Crippen LogP contribution in [0.3, 0.4) is 0 Å². The largest absolute Gasteiger partial charge is 0.309 e. The normalized spacial score (nSPS) is 10.7. The van der Waals surface area contributed by atoms with Gasteiger partial charge in [0.1, 0.15) is 0 Å². The lowest BCUT2D eigenvalue weighted by Crippen LogP contribution is -2.48. The highest BCUT2D eigenvalue weighted by atomic mass is 35.5. The fourth-order valence-corrected chi connectivity index (χ4v) is 1.78. The molecule has 0 aliphatic heterocycles. The molecule has 0 unspecified atom stereocenters. The van der Waals surface area contributed by atoms with Crippen LogP contribution in [-0.4, -0.2) is 0 Å². The van der Waals surface area contributed by atoms with E-state index in [9.17, 15) is 0 Å². The second kappa shape index (κ2) is 5.82. The maximum Gasteiger partial charge on any atom is 0.0940 e. The van der Waals surface area contributed by atoms with Crippen molar-refractivity contribution in [2.75, 3.05) is 0 Å². The van der Waals surface area contributed by atoms with E-state index in [1.54, 1.807) is 0 Å². The molecule has 0 atom stereocenters. The van der Waals surface area contributed by atoms with E-state index in [0.717, 1.165) is 11.1 Å². The summed E-state index contributed by atoms with van der Waals surface area (Å²) >= 11 is 0. The number of nitrogens with two attached hydrogens (primary N) is 2. The van der Waals surface area contributed by atoms with Crippen LogP contribution < -0.4 is 11.5 Å². The van der Waals surface area contributed by atoms with Gasteiger partial charge in [-0.15, -0.1) is 12.4 Å². The zero-order chi connectivity index (χ0) is 11.4. The van der Waals surface area contributed by atoms with Gasteiger partial charge in [0, 0.05) is 6.42 Å². The van der Waals surface area contributed by atoms with Crippen LogP contribution in [0.25, 0.3) is 0 Å². The molecule has 0 heterocycles. The first-order valence-electron chi connectivity index (χ1n) is 5.36. The topological polar surface area (TPSA) is 52.0 Å². The van der Waals surface area contributed by atoms with Crippen LogP contribution in [0.2, 0.25) is 0 Å². The van der Waals surface area contributed by atoms with E-state index < -0.39 is 5.66 Å². The third-order valence-corrected chi connectivity index (χ3v) is 2.65. The van der Waals surface area contributed by atoms with Crippen molar-refractivity contribution in [3.63, 3.8) is 0 Å². The number of halogens is 1. The zero-order valence-electron chi connectivity index (χ0n) is 9.54. The highest BCUT2D eigenvalue weighted by Crippen LogP contribution is 2.17. The van der Waals surface area contributed by atoms with Gasteiger partial charge < -0.3 is 11.5 Å². The summed E-state index contributed by atoms with van der Waals surface area (Å²) in [5.41, 5.74) is 13.6. The molecule has 4 N–H and O–H groups in total. The van der Waals surface area contributed by atoms with Crippen molar-refractivity contribution in [3.05, 3.63) is 71.8 Å². The van der Waals surface area contributed by atoms with Gasteiger partial charge in [-0.1, -0.05) is 60.7 Å². The van der Waals surface area contributed by atoms with Gasteiger partial charge in [-0.25, -0.2) is 0 Å². The average molecular weight is 249 g/mol. The molecule has 0 saturated heterocycles. The quantitative estimate of drug-likeness (QED) is 0.820. The molecule has 0 aromatic heterocycles. The molecule has 2 nitrogen and oxygen atoms in total. The van der Waals surface area contributed by atoms with E-state index in [-0.39, 0.29) is 12.4 Å². The van der Waals surface area contributed by atoms with Crippen LogP contribution in [0.4, 0.5) is 0 Å². The van der Waals surface area contributed by atoms with Crippen LogP contribution in [-0.2, 0) is 12.1 Å². The lowest BCUT2D eigenvalue weighted by atomic mass is 9.94. The molecular formula is C14H17ClN2. The van der Waals surface area contributed by atoms with Crippen molar-refractivity contribution in [1.29, 1.82) is 0 Å². The second-order valence-electron chi connectivity index (χ2n) is 4.07. The Morgan fingerprint density at radius 2 is 1.24 bits per heavy atom. The van der Waals surface area contributed by atoms with Gasteiger partial charge in [0.15, 0.2) is 0 Å². The monoisotopic (exact) mass is 248 g/mol. The minimum absolute atomic E-state index is 0. The van der Waals surface area contributed by atoms with E-state index in [1.165, 1.54) is 0 Å². The van der Waals surface area contributed by atoms with Crippen LogP contribution >= 0.6 is 12.4 Å². The molecule has 0 spiro atoms. The Hall–Kier alpha value is -1.35. The molecular weight excluding hydrogens is 232 g/mol. The summed E-state index contributed by atoms with van der Waals surface area (Å²) in [6.45, 7) is 0. The van der Waals surface area contributed by atoms with Crippen LogP contribution in [0, 0.1) is 0 Å². The number of benzene rings is 2. The fourth-order valence-electron chi connectivity index (χ4n) is 1.78. The van der Waals surface area contributed by atoms with Crippen LogP contribution in [0.5, 0.6) is 0 Å². The Morgan fingerprint density at radius 1 is 0.765 bits per heavy atom. The predicted molar refractivity (Wildman–Crippen MR) is 73.9 cm³/mol. The summed E-state index contributed by atoms with van der Waals surface area (Å²) in [7, 11) is 0. The zero-order valence-corrected chi connectivity index (χ0v) is 10.4. The maximum atomic E-state index is 6.15. The van der Waals surface area contributed by atoms with E-state index in [2.05, 4.69) is 0 Å². The first kappa shape index (κ1) is 13.7. The Balaban J connectivity index is 0.00000144. The minimum atomic E-state index is -0.803. The maximum absolute atomic E-state index is 6.15. The lowest BCUT2D eigenvalue weighted by molar-refractivity contribution is 0.462. The number of rotatable bonds is 3. The van der Waals surface area contributed by atoms with E-state index in [0.29, 0.717) is 6.42 Å². The highest BCUT2D eigenvalue weighted by molar-refractivity contribution is 5.85. The molecule has 0 aliphatic carbocycles. The molecule has 0 aliphatic rings. The van der Waals surface area contributed by atoms with Crippen LogP contribution in [0.1, 0.15) is 11.1 Å². The Kier molecular flexibility index (Phi) is 4.70. The van der Waals surface area contributed by atoms with Gasteiger partial charge in [-0.05, 0) is 11.1 Å². The van der Waals surface area contributed by atoms with Gasteiger partial charge in [-0.2, -0.15) is 0 Å². The van der Waals surface area contributed by atoms with Gasteiger partial charge in [0.2, 0.25) is 0 Å². The molecule has 2 aromatic carbocycles. The van der Waals surface area contributed by atoms with E-state index in [4.69, 9.17) is 11.5 Å². The summed E-state index contributed by atoms with van der Waals surface area (Å²) in [6.07, 6.45) is 0.637. The summed E-state index contributed by atoms with van der Waals surface area (Å²) in [5.74, 6) is 0. The molecule has 0 fully saturated rings. The summed E-state index contributed by atoms with van der Waals surface area (Å²) in [5, 5.41) is 0. The first-order chi connectivity index (χ1) is 7.68. The summed E-state index contributed by atoms with van der Waals surface area (Å²) < 4.78 is 0. The molecule has 90 valence electrons. The third-order valence-electron chi connectivity index (χ3n) is 2.65. The smallest absolute Gasteiger partial charge is 0.0940 e. The first-order valence-corrected chi connectivity index (χ1v) is 5.36. The van der Waals surface area contributed by atoms with Crippen molar-refractivity contribution in [1.82, 2.24) is 0 Å². The Bertz CT molecular complexity index is 440. The Labute approximate surface area is 108 Å². The summed E-state index contributed by atoms with van der Waals surface area (Å²) in [4.78, 5) is 0. The van der Waals surface area contributed by atoms with Crippen molar-refractivity contribution in [3.8, 4) is 0 Å². The van der Waals surface area contributed by atoms with Crippen molar-refractivity contribution < 1.29 is 0 Å². The third kappa shape index (κ3) is 3.56. The number of hydrogen-bond acceptors (Lipinski definition) is 2. The lowest BCUT2D eigenvalue weighted by Gasteiger charge is -2.25. The average Bonchev–Trinajstić information content (AvgIpc) is 2.31. The van der Waals surface area contributed by atoms with Gasteiger partial charge >= 0.3 is 0 Å². The van der Waals surface area contributed by atoms with Crippen molar-refractivity contribution in [2.45, 2.75) is 12.1 Å². The van der Waals surface area contributed by atoms with Gasteiger partial charge in [-0.3, -0.25) is 0 Å². The molecule has 2 rings (SSSR count). The van der Waals surface area contributed by atoms with Crippen molar-refractivity contribution >= 4 is 12.4 Å². The molecule has 2 aromatic rings. The fraction of sp³-hybridized carbons (Fsp3) is 0.143. The number of hydrogen-bond donors (Lipinski definition) is 2. The van der Waals surface area contributed by atoms with E-state index in [1.807, 2.05) is 60.7 Å². The van der Waals surface area contributed by atoms with E-state index >= 15 is 0 Å². The molecule has 3 heteroatoms. The standard InChI is InChI=1S/C14H16N2.ClH/c15-14(16,13-9-5-2-6-10-13)11-12-7-3-1-4-8-12;/h1-10H,11,15-16H2;1H. The molecule has 0 bridgehead atoms. The molecule has 17 heavy (non-hydrogen) atoms. The molecule has 0 saturated carbocycles. The second-order valence-corrected chi connectivity index (χ2v) is 4.07. The minimum Gasteiger partial charge on any atom is -0.309 e.